The van der Waals surface area contributed by atoms with E-state index in [0.29, 0.717) is 5.92 Å². The molecular formula is C12H18O2. The van der Waals surface area contributed by atoms with Crippen LogP contribution in [0.1, 0.15) is 17.9 Å². The summed E-state index contributed by atoms with van der Waals surface area (Å²) in [5, 5.41) is 0. The van der Waals surface area contributed by atoms with Crippen LogP contribution in [-0.4, -0.2) is 27.4 Å². The van der Waals surface area contributed by atoms with Gasteiger partial charge in [0, 0.05) is 26.7 Å². The highest BCUT2D eigenvalue weighted by atomic mass is 16.5. The Balaban J connectivity index is 2.58. The first-order chi connectivity index (χ1) is 6.88. The summed E-state index contributed by atoms with van der Waals surface area (Å²) in [5.41, 5.74) is 1.33. The smallest absolute Gasteiger partial charge is 0.0531 e. The van der Waals surface area contributed by atoms with Gasteiger partial charge in [0.05, 0.1) is 6.61 Å². The quantitative estimate of drug-likeness (QED) is 0.692. The van der Waals surface area contributed by atoms with Crippen molar-refractivity contribution in [3.05, 3.63) is 35.9 Å². The van der Waals surface area contributed by atoms with Gasteiger partial charge in [0.25, 0.3) is 0 Å². The summed E-state index contributed by atoms with van der Waals surface area (Å²) in [6.45, 7) is 1.54. The van der Waals surface area contributed by atoms with Gasteiger partial charge in [-0.3, -0.25) is 0 Å². The minimum Gasteiger partial charge on any atom is -0.385 e. The van der Waals surface area contributed by atoms with Crippen molar-refractivity contribution >= 4 is 0 Å². The zero-order valence-corrected chi connectivity index (χ0v) is 8.90. The van der Waals surface area contributed by atoms with Crippen LogP contribution in [0, 0.1) is 0 Å². The molecule has 0 aliphatic rings. The molecule has 0 bridgehead atoms. The van der Waals surface area contributed by atoms with E-state index >= 15 is 0 Å². The first-order valence-electron chi connectivity index (χ1n) is 4.91. The lowest BCUT2D eigenvalue weighted by Gasteiger charge is -2.15. The highest BCUT2D eigenvalue weighted by Gasteiger charge is 2.09. The maximum absolute atomic E-state index is 5.20. The molecule has 2 heteroatoms. The van der Waals surface area contributed by atoms with Gasteiger partial charge in [-0.25, -0.2) is 0 Å². The Bertz CT molecular complexity index is 233. The van der Waals surface area contributed by atoms with Crippen LogP contribution in [0.15, 0.2) is 30.3 Å². The molecule has 1 rings (SSSR count). The first kappa shape index (κ1) is 11.2. The SMILES string of the molecule is COCCC(COC)c1ccccc1. The third-order valence-corrected chi connectivity index (χ3v) is 2.31. The standard InChI is InChI=1S/C12H18O2/c1-13-9-8-12(10-14-2)11-6-4-3-5-7-11/h3-7,12H,8-10H2,1-2H3. The lowest BCUT2D eigenvalue weighted by atomic mass is 9.97. The van der Waals surface area contributed by atoms with Crippen LogP contribution in [-0.2, 0) is 9.47 Å². The molecular weight excluding hydrogens is 176 g/mol. The topological polar surface area (TPSA) is 18.5 Å². The van der Waals surface area contributed by atoms with E-state index in [9.17, 15) is 0 Å². The van der Waals surface area contributed by atoms with E-state index in [1.807, 2.05) is 6.07 Å². The van der Waals surface area contributed by atoms with Gasteiger partial charge in [-0.15, -0.1) is 0 Å². The molecule has 0 radical (unpaired) electrons. The summed E-state index contributed by atoms with van der Waals surface area (Å²) in [7, 11) is 3.47. The molecule has 1 atom stereocenters. The van der Waals surface area contributed by atoms with Gasteiger partial charge in [-0.05, 0) is 12.0 Å². The van der Waals surface area contributed by atoms with Gasteiger partial charge in [0.15, 0.2) is 0 Å². The summed E-state index contributed by atoms with van der Waals surface area (Å²) in [6.07, 6.45) is 1.01. The van der Waals surface area contributed by atoms with Crippen molar-refractivity contribution in [2.45, 2.75) is 12.3 Å². The highest BCUT2D eigenvalue weighted by Crippen LogP contribution is 2.19. The molecule has 0 aromatic heterocycles. The number of benzene rings is 1. The van der Waals surface area contributed by atoms with Gasteiger partial charge >= 0.3 is 0 Å². The molecule has 1 unspecified atom stereocenters. The van der Waals surface area contributed by atoms with E-state index in [1.165, 1.54) is 5.56 Å². The molecule has 0 fully saturated rings. The predicted molar refractivity (Wildman–Crippen MR) is 57.6 cm³/mol. The van der Waals surface area contributed by atoms with Gasteiger partial charge in [-0.2, -0.15) is 0 Å². The fraction of sp³-hybridized carbons (Fsp3) is 0.500. The largest absolute Gasteiger partial charge is 0.385 e. The summed E-state index contributed by atoms with van der Waals surface area (Å²) < 4.78 is 10.3. The molecule has 14 heavy (non-hydrogen) atoms. The second-order valence-corrected chi connectivity index (χ2v) is 3.34. The van der Waals surface area contributed by atoms with Crippen molar-refractivity contribution in [1.29, 1.82) is 0 Å². The second-order valence-electron chi connectivity index (χ2n) is 3.34. The van der Waals surface area contributed by atoms with E-state index in [1.54, 1.807) is 14.2 Å². The third-order valence-electron chi connectivity index (χ3n) is 2.31. The van der Waals surface area contributed by atoms with Crippen LogP contribution in [0.3, 0.4) is 0 Å². The molecule has 0 aliphatic heterocycles. The van der Waals surface area contributed by atoms with Gasteiger partial charge in [0.1, 0.15) is 0 Å². The normalized spacial score (nSPS) is 12.7. The Labute approximate surface area is 85.8 Å². The van der Waals surface area contributed by atoms with Gasteiger partial charge in [-0.1, -0.05) is 30.3 Å². The Morgan fingerprint density at radius 2 is 1.79 bits per heavy atom. The fourth-order valence-corrected chi connectivity index (χ4v) is 1.53. The van der Waals surface area contributed by atoms with Crippen LogP contribution < -0.4 is 0 Å². The maximum Gasteiger partial charge on any atom is 0.0531 e. The van der Waals surface area contributed by atoms with Gasteiger partial charge < -0.3 is 9.47 Å². The number of rotatable bonds is 6. The average molecular weight is 194 g/mol. The van der Waals surface area contributed by atoms with E-state index in [4.69, 9.17) is 9.47 Å². The zero-order valence-electron chi connectivity index (χ0n) is 8.90. The lowest BCUT2D eigenvalue weighted by molar-refractivity contribution is 0.144. The van der Waals surface area contributed by atoms with Crippen LogP contribution in [0.4, 0.5) is 0 Å². The molecule has 0 aliphatic carbocycles. The van der Waals surface area contributed by atoms with E-state index in [0.717, 1.165) is 19.6 Å². The van der Waals surface area contributed by atoms with Crippen LogP contribution in [0.5, 0.6) is 0 Å². The Morgan fingerprint density at radius 3 is 2.36 bits per heavy atom. The summed E-state index contributed by atoms with van der Waals surface area (Å²) in [6, 6.07) is 10.4. The van der Waals surface area contributed by atoms with Crippen molar-refractivity contribution in [2.24, 2.45) is 0 Å². The molecule has 0 spiro atoms. The van der Waals surface area contributed by atoms with Crippen molar-refractivity contribution in [3.63, 3.8) is 0 Å². The predicted octanol–water partition coefficient (Wildman–Crippen LogP) is 2.45. The minimum absolute atomic E-state index is 0.446. The molecule has 1 aromatic rings. The molecule has 0 heterocycles. The monoisotopic (exact) mass is 194 g/mol. The summed E-state index contributed by atoms with van der Waals surface area (Å²) >= 11 is 0. The number of methoxy groups -OCH3 is 2. The number of hydrogen-bond donors (Lipinski definition) is 0. The van der Waals surface area contributed by atoms with Crippen LogP contribution in [0.25, 0.3) is 0 Å². The highest BCUT2D eigenvalue weighted by molar-refractivity contribution is 5.19. The molecule has 0 amide bonds. The second kappa shape index (κ2) is 6.57. The van der Waals surface area contributed by atoms with E-state index in [-0.39, 0.29) is 0 Å². The van der Waals surface area contributed by atoms with Crippen LogP contribution >= 0.6 is 0 Å². The van der Waals surface area contributed by atoms with Crippen molar-refractivity contribution in [2.75, 3.05) is 27.4 Å². The van der Waals surface area contributed by atoms with Gasteiger partial charge in [0.2, 0.25) is 0 Å². The van der Waals surface area contributed by atoms with Crippen molar-refractivity contribution < 1.29 is 9.47 Å². The Kier molecular flexibility index (Phi) is 5.27. The van der Waals surface area contributed by atoms with E-state index in [2.05, 4.69) is 24.3 Å². The summed E-state index contributed by atoms with van der Waals surface area (Å²) in [5.74, 6) is 0.446. The number of ether oxygens (including phenoxy) is 2. The van der Waals surface area contributed by atoms with Crippen molar-refractivity contribution in [1.82, 2.24) is 0 Å². The fourth-order valence-electron chi connectivity index (χ4n) is 1.53. The zero-order chi connectivity index (χ0) is 10.2. The Hall–Kier alpha value is -0.860. The van der Waals surface area contributed by atoms with Crippen LogP contribution in [0.2, 0.25) is 0 Å². The first-order valence-corrected chi connectivity index (χ1v) is 4.91. The minimum atomic E-state index is 0.446. The van der Waals surface area contributed by atoms with Crippen molar-refractivity contribution in [3.8, 4) is 0 Å². The third kappa shape index (κ3) is 3.48. The maximum atomic E-state index is 5.20. The molecule has 2 nitrogen and oxygen atoms in total. The molecule has 78 valence electrons. The number of hydrogen-bond acceptors (Lipinski definition) is 2. The molecule has 1 aromatic carbocycles. The molecule has 0 saturated heterocycles. The molecule has 0 saturated carbocycles. The average Bonchev–Trinajstić information content (AvgIpc) is 2.25. The Morgan fingerprint density at radius 1 is 1.07 bits per heavy atom. The van der Waals surface area contributed by atoms with E-state index < -0.39 is 0 Å². The lowest BCUT2D eigenvalue weighted by Crippen LogP contribution is -2.09. The molecule has 0 N–H and O–H groups in total. The summed E-state index contributed by atoms with van der Waals surface area (Å²) in [4.78, 5) is 0.